The van der Waals surface area contributed by atoms with Gasteiger partial charge in [-0.15, -0.1) is 0 Å². The average Bonchev–Trinajstić information content (AvgIpc) is 2.29. The summed E-state index contributed by atoms with van der Waals surface area (Å²) in [5, 5.41) is 9.23. The number of hydrogen-bond acceptors (Lipinski definition) is 3. The van der Waals surface area contributed by atoms with Crippen molar-refractivity contribution >= 4 is 38.8 Å². The molecule has 0 aliphatic heterocycles. The molecule has 0 heterocycles. The van der Waals surface area contributed by atoms with Gasteiger partial charge >= 0.3 is 0 Å². The summed E-state index contributed by atoms with van der Waals surface area (Å²) >= 11 is 8.00. The Hall–Kier alpha value is -0.720. The van der Waals surface area contributed by atoms with Crippen LogP contribution in [0.15, 0.2) is 16.6 Å². The molecule has 0 bridgehead atoms. The summed E-state index contributed by atoms with van der Waals surface area (Å²) in [6.07, 6.45) is 0.166. The van der Waals surface area contributed by atoms with Gasteiger partial charge in [-0.05, 0) is 41.4 Å². The highest BCUT2D eigenvalue weighted by molar-refractivity contribution is 9.10. The molecule has 3 nitrogen and oxygen atoms in total. The lowest BCUT2D eigenvalue weighted by Crippen LogP contribution is -2.23. The van der Waals surface area contributed by atoms with Gasteiger partial charge in [-0.3, -0.25) is 0 Å². The maximum absolute atomic E-state index is 14.1. The maximum atomic E-state index is 14.1. The Bertz CT molecular complexity index is 454. The van der Waals surface area contributed by atoms with Crippen LogP contribution in [0, 0.1) is 5.82 Å². The third-order valence-electron chi connectivity index (χ3n) is 2.62. The Morgan fingerprint density at radius 3 is 2.72 bits per heavy atom. The first-order chi connectivity index (χ1) is 8.34. The van der Waals surface area contributed by atoms with Crippen molar-refractivity contribution in [1.82, 2.24) is 0 Å². The fourth-order valence-corrected chi connectivity index (χ4v) is 2.38. The largest absolute Gasteiger partial charge is 0.393 e. The van der Waals surface area contributed by atoms with Crippen LogP contribution in [-0.2, 0) is 0 Å². The number of nitrogens with two attached hydrogens (primary N) is 1. The van der Waals surface area contributed by atoms with Crippen LogP contribution in [0.4, 0.5) is 10.1 Å². The van der Waals surface area contributed by atoms with Crippen molar-refractivity contribution in [2.75, 3.05) is 18.5 Å². The zero-order valence-electron chi connectivity index (χ0n) is 10.3. The van der Waals surface area contributed by atoms with Crippen molar-refractivity contribution in [3.05, 3.63) is 28.0 Å². The number of anilines is 1. The minimum atomic E-state index is -0.408. The second-order valence-corrected chi connectivity index (χ2v) is 5.42. The number of benzene rings is 1. The van der Waals surface area contributed by atoms with Gasteiger partial charge in [0.25, 0.3) is 0 Å². The highest BCUT2D eigenvalue weighted by Crippen LogP contribution is 2.29. The third kappa shape index (κ3) is 3.63. The van der Waals surface area contributed by atoms with Crippen molar-refractivity contribution in [3.8, 4) is 0 Å². The number of nitrogens with zero attached hydrogens (tertiary/aromatic N) is 1. The number of hydrogen-bond donors (Lipinski definition) is 2. The lowest BCUT2D eigenvalue weighted by molar-refractivity contribution is 0.187. The minimum absolute atomic E-state index is 0.152. The van der Waals surface area contributed by atoms with Gasteiger partial charge in [-0.2, -0.15) is 0 Å². The second kappa shape index (κ2) is 6.45. The highest BCUT2D eigenvalue weighted by Gasteiger charge is 2.15. The molecule has 0 amide bonds. The van der Waals surface area contributed by atoms with E-state index in [2.05, 4.69) is 15.9 Å². The quantitative estimate of drug-likeness (QED) is 0.812. The highest BCUT2D eigenvalue weighted by atomic mass is 79.9. The molecule has 6 heteroatoms. The predicted octanol–water partition coefficient (Wildman–Crippen LogP) is 2.43. The molecule has 0 saturated heterocycles. The van der Waals surface area contributed by atoms with Gasteiger partial charge in [0.1, 0.15) is 4.99 Å². The van der Waals surface area contributed by atoms with Gasteiger partial charge < -0.3 is 15.7 Å². The van der Waals surface area contributed by atoms with Crippen LogP contribution in [0.2, 0.25) is 0 Å². The SMILES string of the molecule is CC(O)CCN(C)c1ccc(C(N)=S)c(Br)c1F. The zero-order chi connectivity index (χ0) is 13.9. The fraction of sp³-hybridized carbons (Fsp3) is 0.417. The summed E-state index contributed by atoms with van der Waals surface area (Å²) < 4.78 is 14.4. The standard InChI is InChI=1S/C12H16BrFN2OS/c1-7(17)5-6-16(2)9-4-3-8(12(15)18)10(13)11(9)14/h3-4,7,17H,5-6H2,1-2H3,(H2,15,18). The van der Waals surface area contributed by atoms with E-state index in [0.717, 1.165) is 0 Å². The number of aliphatic hydroxyl groups excluding tert-OH is 1. The molecule has 0 saturated carbocycles. The predicted molar refractivity (Wildman–Crippen MR) is 79.6 cm³/mol. The monoisotopic (exact) mass is 334 g/mol. The van der Waals surface area contributed by atoms with Gasteiger partial charge in [-0.25, -0.2) is 4.39 Å². The molecule has 3 N–H and O–H groups in total. The molecule has 1 rings (SSSR count). The van der Waals surface area contributed by atoms with Crippen molar-refractivity contribution in [2.24, 2.45) is 5.73 Å². The molecule has 0 fully saturated rings. The summed E-state index contributed by atoms with van der Waals surface area (Å²) in [6.45, 7) is 2.27. The second-order valence-electron chi connectivity index (χ2n) is 4.18. The van der Waals surface area contributed by atoms with E-state index in [1.165, 1.54) is 0 Å². The molecule has 0 aliphatic carbocycles. The van der Waals surface area contributed by atoms with E-state index in [1.807, 2.05) is 0 Å². The lowest BCUT2D eigenvalue weighted by Gasteiger charge is -2.21. The Kier molecular flexibility index (Phi) is 5.49. The summed E-state index contributed by atoms with van der Waals surface area (Å²) in [5.74, 6) is -0.395. The van der Waals surface area contributed by atoms with E-state index in [1.54, 1.807) is 31.0 Å². The van der Waals surface area contributed by atoms with Gasteiger partial charge in [0.15, 0.2) is 5.82 Å². The van der Waals surface area contributed by atoms with E-state index in [9.17, 15) is 9.50 Å². The number of halogens is 2. The first-order valence-corrected chi connectivity index (χ1v) is 6.71. The third-order valence-corrected chi connectivity index (χ3v) is 3.62. The molecule has 1 atom stereocenters. The van der Waals surface area contributed by atoms with Crippen LogP contribution in [0.5, 0.6) is 0 Å². The van der Waals surface area contributed by atoms with Gasteiger partial charge in [0.05, 0.1) is 16.3 Å². The van der Waals surface area contributed by atoms with E-state index in [0.29, 0.717) is 24.2 Å². The Morgan fingerprint density at radius 1 is 1.61 bits per heavy atom. The average molecular weight is 335 g/mol. The first-order valence-electron chi connectivity index (χ1n) is 5.51. The van der Waals surface area contributed by atoms with Crippen LogP contribution in [0.25, 0.3) is 0 Å². The lowest BCUT2D eigenvalue weighted by atomic mass is 10.1. The number of thiocarbonyl (C=S) groups is 1. The maximum Gasteiger partial charge on any atom is 0.161 e. The molecule has 0 radical (unpaired) electrons. The summed E-state index contributed by atoms with van der Waals surface area (Å²) in [4.78, 5) is 1.90. The van der Waals surface area contributed by atoms with Crippen LogP contribution >= 0.6 is 28.1 Å². The van der Waals surface area contributed by atoms with Crippen molar-refractivity contribution in [2.45, 2.75) is 19.4 Å². The van der Waals surface area contributed by atoms with E-state index >= 15 is 0 Å². The van der Waals surface area contributed by atoms with Crippen LogP contribution < -0.4 is 10.6 Å². The number of rotatable bonds is 5. The molecule has 1 aromatic carbocycles. The zero-order valence-corrected chi connectivity index (χ0v) is 12.7. The Labute approximate surface area is 120 Å². The molecular formula is C12H16BrFN2OS. The van der Waals surface area contributed by atoms with Crippen LogP contribution in [-0.4, -0.2) is 29.8 Å². The fourth-order valence-electron chi connectivity index (χ4n) is 1.53. The number of aliphatic hydroxyl groups is 1. The van der Waals surface area contributed by atoms with Crippen LogP contribution in [0.1, 0.15) is 18.9 Å². The minimum Gasteiger partial charge on any atom is -0.393 e. The Morgan fingerprint density at radius 2 is 2.22 bits per heavy atom. The van der Waals surface area contributed by atoms with Crippen molar-refractivity contribution < 1.29 is 9.50 Å². The first kappa shape index (κ1) is 15.3. The van der Waals surface area contributed by atoms with E-state index < -0.39 is 11.9 Å². The molecule has 1 unspecified atom stereocenters. The van der Waals surface area contributed by atoms with Gasteiger partial charge in [0, 0.05) is 19.2 Å². The summed E-state index contributed by atoms with van der Waals surface area (Å²) in [7, 11) is 1.77. The molecule has 1 aromatic rings. The topological polar surface area (TPSA) is 49.5 Å². The van der Waals surface area contributed by atoms with Crippen molar-refractivity contribution in [3.63, 3.8) is 0 Å². The van der Waals surface area contributed by atoms with Crippen molar-refractivity contribution in [1.29, 1.82) is 0 Å². The summed E-state index contributed by atoms with van der Waals surface area (Å²) in [5.41, 5.74) is 6.42. The van der Waals surface area contributed by atoms with E-state index in [4.69, 9.17) is 18.0 Å². The van der Waals surface area contributed by atoms with Gasteiger partial charge in [-0.1, -0.05) is 12.2 Å². The smallest absolute Gasteiger partial charge is 0.161 e. The molecular weight excluding hydrogens is 319 g/mol. The van der Waals surface area contributed by atoms with Crippen LogP contribution in [0.3, 0.4) is 0 Å². The Balaban J connectivity index is 2.97. The van der Waals surface area contributed by atoms with Gasteiger partial charge in [0.2, 0.25) is 0 Å². The summed E-state index contributed by atoms with van der Waals surface area (Å²) in [6, 6.07) is 3.32. The molecule has 0 aromatic heterocycles. The molecule has 100 valence electrons. The normalized spacial score (nSPS) is 12.3. The molecule has 0 spiro atoms. The molecule has 18 heavy (non-hydrogen) atoms. The van der Waals surface area contributed by atoms with E-state index in [-0.39, 0.29) is 9.46 Å². The molecule has 0 aliphatic rings.